The maximum atomic E-state index is 9.34. The Morgan fingerprint density at radius 1 is 0.410 bits per heavy atom. The van der Waals surface area contributed by atoms with Gasteiger partial charge in [-0.15, -0.1) is 0 Å². The summed E-state index contributed by atoms with van der Waals surface area (Å²) >= 11 is 0. The fourth-order valence-corrected chi connectivity index (χ4v) is 5.45. The van der Waals surface area contributed by atoms with Crippen LogP contribution in [-0.2, 0) is 0 Å². The van der Waals surface area contributed by atoms with E-state index in [1.165, 1.54) is 0 Å². The Bertz CT molecular complexity index is 2770. The lowest BCUT2D eigenvalue weighted by molar-refractivity contribution is 0.669. The summed E-state index contributed by atoms with van der Waals surface area (Å²) in [6, 6.07) is 11.6. The first-order chi connectivity index (χ1) is 24.8. The second-order valence-corrected chi connectivity index (χ2v) is 9.08. The highest BCUT2D eigenvalue weighted by molar-refractivity contribution is 6.25. The average molecular weight is 510 g/mol. The molecule has 0 aliphatic carbocycles. The number of fused-ring (bicyclic) bond motifs is 5. The van der Waals surface area contributed by atoms with E-state index in [1.807, 2.05) is 54.6 Å². The van der Waals surface area contributed by atoms with Gasteiger partial charge in [-0.05, 0) is 67.6 Å². The first kappa shape index (κ1) is 12.6. The van der Waals surface area contributed by atoms with E-state index in [1.54, 1.807) is 12.1 Å². The van der Waals surface area contributed by atoms with E-state index in [0.717, 1.165) is 5.39 Å². The number of rotatable bonds is 3. The molecule has 0 fully saturated rings. The maximum absolute atomic E-state index is 9.34. The van der Waals surface area contributed by atoms with Crippen molar-refractivity contribution in [2.45, 2.75) is 0 Å². The molecule has 8 aromatic rings. The van der Waals surface area contributed by atoms with Gasteiger partial charge < -0.3 is 4.42 Å². The van der Waals surface area contributed by atoms with Crippen molar-refractivity contribution in [2.24, 2.45) is 0 Å². The second kappa shape index (κ2) is 8.72. The van der Waals surface area contributed by atoms with E-state index in [9.17, 15) is 5.48 Å². The Hall–Kier alpha value is -5.14. The van der Waals surface area contributed by atoms with Crippen LogP contribution in [0, 0.1) is 0 Å². The molecule has 0 unspecified atom stereocenters. The van der Waals surface area contributed by atoms with Crippen molar-refractivity contribution in [3.05, 3.63) is 145 Å². The average Bonchev–Trinajstić information content (AvgIpc) is 3.54. The first-order valence-corrected chi connectivity index (χ1v) is 12.3. The monoisotopic (exact) mass is 509 g/mol. The molecule has 1 aromatic heterocycles. The highest BCUT2D eigenvalue weighted by atomic mass is 16.3. The fourth-order valence-electron chi connectivity index (χ4n) is 5.45. The van der Waals surface area contributed by atoms with E-state index < -0.39 is 84.1 Å². The van der Waals surface area contributed by atoms with Crippen LogP contribution >= 0.6 is 0 Å². The smallest absolute Gasteiger partial charge is 0.136 e. The van der Waals surface area contributed by atoms with Gasteiger partial charge in [0.1, 0.15) is 11.2 Å². The van der Waals surface area contributed by atoms with Crippen LogP contribution in [0.5, 0.6) is 0 Å². The van der Waals surface area contributed by atoms with Crippen molar-refractivity contribution in [1.29, 1.82) is 0 Å². The largest absolute Gasteiger partial charge is 0.456 e. The summed E-state index contributed by atoms with van der Waals surface area (Å²) in [4.78, 5) is 0. The van der Waals surface area contributed by atoms with Gasteiger partial charge in [-0.25, -0.2) is 0 Å². The van der Waals surface area contributed by atoms with Crippen LogP contribution < -0.4 is 0 Å². The van der Waals surface area contributed by atoms with Gasteiger partial charge in [0.25, 0.3) is 0 Å². The molecular formula is C38H24O. The quantitative estimate of drug-likeness (QED) is 0.216. The maximum Gasteiger partial charge on any atom is 0.136 e. The van der Waals surface area contributed by atoms with Crippen molar-refractivity contribution in [3.8, 4) is 33.4 Å². The van der Waals surface area contributed by atoms with Gasteiger partial charge in [-0.3, -0.25) is 0 Å². The Balaban J connectivity index is 1.76. The Labute approximate surface area is 244 Å². The number of para-hydroxylation sites is 1. The van der Waals surface area contributed by atoms with Gasteiger partial charge in [0.05, 0.1) is 17.8 Å². The molecule has 0 bridgehead atoms. The van der Waals surface area contributed by atoms with Crippen molar-refractivity contribution < 1.29 is 22.2 Å². The van der Waals surface area contributed by atoms with E-state index >= 15 is 0 Å². The number of hydrogen-bond donors (Lipinski definition) is 0. The number of hydrogen-bond acceptors (Lipinski definition) is 1. The molecule has 8 rings (SSSR count). The predicted molar refractivity (Wildman–Crippen MR) is 165 cm³/mol. The van der Waals surface area contributed by atoms with Crippen LogP contribution in [0.1, 0.15) is 17.8 Å². The molecule has 0 spiro atoms. The normalized spacial score (nSPS) is 16.3. The minimum absolute atomic E-state index is 0.0613. The molecule has 7 aromatic carbocycles. The van der Waals surface area contributed by atoms with Crippen molar-refractivity contribution in [1.82, 2.24) is 0 Å². The molecule has 0 atom stereocenters. The molecule has 0 aliphatic rings. The van der Waals surface area contributed by atoms with Crippen LogP contribution in [0.4, 0.5) is 0 Å². The van der Waals surface area contributed by atoms with E-state index in [4.69, 9.17) is 16.8 Å². The third-order valence-electron chi connectivity index (χ3n) is 7.00. The molecule has 0 amide bonds. The third-order valence-corrected chi connectivity index (χ3v) is 7.00. The Morgan fingerprint density at radius 3 is 1.69 bits per heavy atom. The lowest BCUT2D eigenvalue weighted by atomic mass is 9.83. The zero-order valence-corrected chi connectivity index (χ0v) is 20.3. The topological polar surface area (TPSA) is 13.1 Å². The van der Waals surface area contributed by atoms with Crippen molar-refractivity contribution >= 4 is 43.5 Å². The minimum Gasteiger partial charge on any atom is -0.456 e. The highest BCUT2D eigenvalue weighted by Crippen LogP contribution is 2.49. The lowest BCUT2D eigenvalue weighted by Gasteiger charge is -2.20. The summed E-state index contributed by atoms with van der Waals surface area (Å²) in [6.45, 7) is 0. The van der Waals surface area contributed by atoms with Gasteiger partial charge in [-0.2, -0.15) is 0 Å². The lowest BCUT2D eigenvalue weighted by Crippen LogP contribution is -1.93. The summed E-state index contributed by atoms with van der Waals surface area (Å²) in [5, 5.41) is 0.606. The molecule has 1 heterocycles. The molecule has 0 saturated carbocycles. The first-order valence-electron chi connectivity index (χ1n) is 18.8. The van der Waals surface area contributed by atoms with Gasteiger partial charge >= 0.3 is 0 Å². The molecule has 0 radical (unpaired) electrons. The summed E-state index contributed by atoms with van der Waals surface area (Å²) in [5.74, 6) is 0. The van der Waals surface area contributed by atoms with Crippen molar-refractivity contribution in [3.63, 3.8) is 0 Å². The van der Waals surface area contributed by atoms with E-state index in [0.29, 0.717) is 33.2 Å². The van der Waals surface area contributed by atoms with Crippen LogP contribution in [0.3, 0.4) is 0 Å². The highest BCUT2D eigenvalue weighted by Gasteiger charge is 2.22. The fraction of sp³-hybridized carbons (Fsp3) is 0. The van der Waals surface area contributed by atoms with E-state index in [2.05, 4.69) is 0 Å². The third kappa shape index (κ3) is 3.34. The minimum atomic E-state index is -0.716. The molecule has 39 heavy (non-hydrogen) atoms. The zero-order valence-electron chi connectivity index (χ0n) is 33.3. The van der Waals surface area contributed by atoms with Crippen molar-refractivity contribution in [2.75, 3.05) is 0 Å². The summed E-state index contributed by atoms with van der Waals surface area (Å²) in [5.41, 5.74) is 2.00. The number of furan rings is 1. The molecule has 1 nitrogen and oxygen atoms in total. The molecule has 0 aliphatic heterocycles. The van der Waals surface area contributed by atoms with E-state index in [-0.39, 0.29) is 32.7 Å². The van der Waals surface area contributed by atoms with Gasteiger partial charge in [0, 0.05) is 16.3 Å². The van der Waals surface area contributed by atoms with Gasteiger partial charge in [0.15, 0.2) is 0 Å². The van der Waals surface area contributed by atoms with Crippen LogP contribution in [0.15, 0.2) is 150 Å². The Kier molecular flexibility index (Phi) is 2.82. The predicted octanol–water partition coefficient (Wildman–Crippen LogP) is 10.9. The molecule has 0 N–H and O–H groups in total. The molecular weight excluding hydrogens is 472 g/mol. The van der Waals surface area contributed by atoms with Gasteiger partial charge in [0.2, 0.25) is 0 Å². The number of benzene rings is 7. The molecule has 0 saturated heterocycles. The standard InChI is InChI=1S/C38H24O/c1-3-13-25(14-4-1)35-27-17-7-9-19-29(27)37(30-20-10-8-18-28(30)35)32-23-24-34-38(31-21-11-12-22-33(31)39-34)36(32)26-15-5-2-6-16-26/h1-24H/i1D,3D,4D,7D,8D,9D,10D,13D,14D,17D,18D,19D,20D. The molecule has 1 heteroatoms. The Morgan fingerprint density at radius 2 is 1.00 bits per heavy atom. The van der Waals surface area contributed by atoms with Gasteiger partial charge in [-0.1, -0.05) is 127 Å². The zero-order chi connectivity index (χ0) is 37.1. The van der Waals surface area contributed by atoms with Crippen LogP contribution in [0.25, 0.3) is 76.9 Å². The molecule has 182 valence electrons. The second-order valence-electron chi connectivity index (χ2n) is 9.08. The van der Waals surface area contributed by atoms with Crippen LogP contribution in [-0.4, -0.2) is 0 Å². The summed E-state index contributed by atoms with van der Waals surface area (Å²) in [6.07, 6.45) is 0. The van der Waals surface area contributed by atoms with Crippen LogP contribution in [0.2, 0.25) is 0 Å². The summed E-state index contributed by atoms with van der Waals surface area (Å²) < 4.78 is 121. The SMILES string of the molecule is [2H]c1c([2H])c([2H])c(-c2c3c([2H])c([2H])c([2H])c([2H])c3c(-c3ccc4oc5ccccc5c4c3-c3ccccc3)c3c([2H])c([2H])c([2H])c([2H])c23)c([2H])c1[2H]. The summed E-state index contributed by atoms with van der Waals surface area (Å²) in [7, 11) is 0.